The van der Waals surface area contributed by atoms with Gasteiger partial charge in [0.2, 0.25) is 5.91 Å². The van der Waals surface area contributed by atoms with Crippen molar-refractivity contribution in [1.82, 2.24) is 5.32 Å². The number of anilines is 2. The lowest BCUT2D eigenvalue weighted by Crippen LogP contribution is -2.28. The van der Waals surface area contributed by atoms with E-state index in [1.165, 1.54) is 0 Å². The second-order valence-corrected chi connectivity index (χ2v) is 4.74. The third-order valence-corrected chi connectivity index (χ3v) is 3.51. The maximum absolute atomic E-state index is 11.3. The largest absolute Gasteiger partial charge is 0.362 e. The molecule has 0 saturated heterocycles. The van der Waals surface area contributed by atoms with Crippen LogP contribution < -0.4 is 15.5 Å². The molecule has 0 radical (unpaired) electrons. The monoisotopic (exact) mass is 237 g/mol. The van der Waals surface area contributed by atoms with E-state index in [4.69, 9.17) is 0 Å². The molecule has 86 valence electrons. The average molecular weight is 237 g/mol. The van der Waals surface area contributed by atoms with E-state index in [9.17, 15) is 4.79 Å². The Kier molecular flexibility index (Phi) is 3.36. The predicted molar refractivity (Wildman–Crippen MR) is 68.1 cm³/mol. The van der Waals surface area contributed by atoms with Gasteiger partial charge in [-0.2, -0.15) is 0 Å². The highest BCUT2D eigenvalue weighted by Gasteiger charge is 2.15. The van der Waals surface area contributed by atoms with Gasteiger partial charge in [0.25, 0.3) is 0 Å². The fourth-order valence-electron chi connectivity index (χ4n) is 1.64. The standard InChI is InChI=1S/C11H15N3OS/c1-12-7-14(2)8-3-4-10-9(5-8)13-11(15)6-16-10/h3-5,12H,6-7H2,1-2H3,(H,13,15). The summed E-state index contributed by atoms with van der Waals surface area (Å²) in [6.07, 6.45) is 0. The second-order valence-electron chi connectivity index (χ2n) is 3.73. The Balaban J connectivity index is 2.24. The van der Waals surface area contributed by atoms with Gasteiger partial charge in [0.1, 0.15) is 0 Å². The summed E-state index contributed by atoms with van der Waals surface area (Å²) in [5.41, 5.74) is 2.01. The van der Waals surface area contributed by atoms with Gasteiger partial charge in [-0.1, -0.05) is 0 Å². The minimum absolute atomic E-state index is 0.0749. The van der Waals surface area contributed by atoms with Gasteiger partial charge < -0.3 is 15.5 Å². The van der Waals surface area contributed by atoms with Crippen LogP contribution >= 0.6 is 11.8 Å². The predicted octanol–water partition coefficient (Wildman–Crippen LogP) is 1.34. The summed E-state index contributed by atoms with van der Waals surface area (Å²) in [6, 6.07) is 6.14. The van der Waals surface area contributed by atoms with E-state index < -0.39 is 0 Å². The minimum atomic E-state index is 0.0749. The van der Waals surface area contributed by atoms with Crippen LogP contribution in [0, 0.1) is 0 Å². The lowest BCUT2D eigenvalue weighted by Gasteiger charge is -2.22. The molecular formula is C11H15N3OS. The van der Waals surface area contributed by atoms with E-state index in [0.717, 1.165) is 22.9 Å². The molecule has 0 unspecified atom stereocenters. The molecule has 0 spiro atoms. The van der Waals surface area contributed by atoms with Crippen molar-refractivity contribution in [2.75, 3.05) is 36.7 Å². The fraction of sp³-hybridized carbons (Fsp3) is 0.364. The van der Waals surface area contributed by atoms with Crippen LogP contribution in [0.15, 0.2) is 23.1 Å². The molecule has 2 N–H and O–H groups in total. The van der Waals surface area contributed by atoms with Crippen molar-refractivity contribution < 1.29 is 4.79 Å². The van der Waals surface area contributed by atoms with Crippen molar-refractivity contribution >= 4 is 29.0 Å². The Morgan fingerprint density at radius 3 is 3.12 bits per heavy atom. The molecule has 16 heavy (non-hydrogen) atoms. The number of nitrogens with one attached hydrogen (secondary N) is 2. The molecule has 1 heterocycles. The van der Waals surface area contributed by atoms with Gasteiger partial charge in [0, 0.05) is 17.6 Å². The number of carbonyl (C=O) groups excluding carboxylic acids is 1. The first kappa shape index (κ1) is 11.3. The zero-order chi connectivity index (χ0) is 11.5. The number of hydrogen-bond donors (Lipinski definition) is 2. The number of carbonyl (C=O) groups is 1. The molecule has 1 aromatic rings. The Hall–Kier alpha value is -1.20. The summed E-state index contributed by atoms with van der Waals surface area (Å²) in [5.74, 6) is 0.588. The highest BCUT2D eigenvalue weighted by molar-refractivity contribution is 8.00. The Bertz CT molecular complexity index is 408. The van der Waals surface area contributed by atoms with E-state index in [0.29, 0.717) is 5.75 Å². The number of hydrogen-bond acceptors (Lipinski definition) is 4. The van der Waals surface area contributed by atoms with Crippen molar-refractivity contribution in [2.45, 2.75) is 4.90 Å². The summed E-state index contributed by atoms with van der Waals surface area (Å²) in [4.78, 5) is 14.5. The van der Waals surface area contributed by atoms with E-state index in [2.05, 4.69) is 27.7 Å². The third-order valence-electron chi connectivity index (χ3n) is 2.43. The maximum atomic E-state index is 11.3. The van der Waals surface area contributed by atoms with Crippen molar-refractivity contribution in [1.29, 1.82) is 0 Å². The molecule has 5 heteroatoms. The quantitative estimate of drug-likeness (QED) is 0.779. The molecule has 1 amide bonds. The summed E-state index contributed by atoms with van der Waals surface area (Å²) < 4.78 is 0. The van der Waals surface area contributed by atoms with Gasteiger partial charge in [-0.3, -0.25) is 4.79 Å². The first-order chi connectivity index (χ1) is 7.70. The van der Waals surface area contributed by atoms with E-state index in [1.54, 1.807) is 11.8 Å². The lowest BCUT2D eigenvalue weighted by atomic mass is 10.2. The van der Waals surface area contributed by atoms with Crippen LogP contribution in [-0.2, 0) is 4.79 Å². The number of rotatable bonds is 3. The Morgan fingerprint density at radius 1 is 1.56 bits per heavy atom. The number of fused-ring (bicyclic) bond motifs is 1. The first-order valence-corrected chi connectivity index (χ1v) is 6.11. The van der Waals surface area contributed by atoms with Crippen LogP contribution in [-0.4, -0.2) is 32.4 Å². The molecule has 0 saturated carbocycles. The molecule has 2 rings (SSSR count). The SMILES string of the molecule is CNCN(C)c1ccc2c(c1)NC(=O)CS2. The van der Waals surface area contributed by atoms with Gasteiger partial charge in [-0.15, -0.1) is 11.8 Å². The molecule has 1 aromatic carbocycles. The van der Waals surface area contributed by atoms with Crippen molar-refractivity contribution in [3.05, 3.63) is 18.2 Å². The van der Waals surface area contributed by atoms with Gasteiger partial charge in [-0.25, -0.2) is 0 Å². The number of thioether (sulfide) groups is 1. The number of nitrogens with zero attached hydrogens (tertiary/aromatic N) is 1. The Labute approximate surface area is 99.4 Å². The third kappa shape index (κ3) is 2.31. The van der Waals surface area contributed by atoms with Crippen molar-refractivity contribution in [3.63, 3.8) is 0 Å². The van der Waals surface area contributed by atoms with Crippen LogP contribution in [0.1, 0.15) is 0 Å². The van der Waals surface area contributed by atoms with Crippen molar-refractivity contribution in [3.8, 4) is 0 Å². The first-order valence-electron chi connectivity index (χ1n) is 5.13. The smallest absolute Gasteiger partial charge is 0.234 e. The molecule has 0 bridgehead atoms. The number of benzene rings is 1. The van der Waals surface area contributed by atoms with E-state index in [-0.39, 0.29) is 5.91 Å². The normalized spacial score (nSPS) is 14.2. The molecule has 0 fully saturated rings. The summed E-state index contributed by atoms with van der Waals surface area (Å²) in [6.45, 7) is 0.778. The molecule has 0 atom stereocenters. The van der Waals surface area contributed by atoms with E-state index in [1.807, 2.05) is 20.2 Å². The van der Waals surface area contributed by atoms with Gasteiger partial charge in [0.15, 0.2) is 0 Å². The zero-order valence-electron chi connectivity index (χ0n) is 9.41. The molecule has 4 nitrogen and oxygen atoms in total. The topological polar surface area (TPSA) is 44.4 Å². The average Bonchev–Trinajstić information content (AvgIpc) is 2.28. The molecule has 1 aliphatic heterocycles. The highest BCUT2D eigenvalue weighted by atomic mass is 32.2. The molecule has 1 aliphatic rings. The number of amides is 1. The van der Waals surface area contributed by atoms with E-state index >= 15 is 0 Å². The summed E-state index contributed by atoms with van der Waals surface area (Å²) >= 11 is 1.58. The summed E-state index contributed by atoms with van der Waals surface area (Å²) in [7, 11) is 3.92. The fourth-order valence-corrected chi connectivity index (χ4v) is 2.43. The van der Waals surface area contributed by atoms with Crippen LogP contribution in [0.4, 0.5) is 11.4 Å². The van der Waals surface area contributed by atoms with Gasteiger partial charge in [-0.05, 0) is 25.2 Å². The Morgan fingerprint density at radius 2 is 2.38 bits per heavy atom. The zero-order valence-corrected chi connectivity index (χ0v) is 10.2. The molecule has 0 aliphatic carbocycles. The second kappa shape index (κ2) is 4.76. The van der Waals surface area contributed by atoms with Crippen LogP contribution in [0.3, 0.4) is 0 Å². The lowest BCUT2D eigenvalue weighted by molar-refractivity contribution is -0.113. The van der Waals surface area contributed by atoms with Crippen molar-refractivity contribution in [2.24, 2.45) is 0 Å². The van der Waals surface area contributed by atoms with Gasteiger partial charge >= 0.3 is 0 Å². The van der Waals surface area contributed by atoms with Crippen LogP contribution in [0.2, 0.25) is 0 Å². The van der Waals surface area contributed by atoms with Gasteiger partial charge in [0.05, 0.1) is 18.1 Å². The maximum Gasteiger partial charge on any atom is 0.234 e. The molecular weight excluding hydrogens is 222 g/mol. The molecule has 0 aromatic heterocycles. The van der Waals surface area contributed by atoms with Crippen LogP contribution in [0.25, 0.3) is 0 Å². The summed E-state index contributed by atoms with van der Waals surface area (Å²) in [5, 5.41) is 5.98. The highest BCUT2D eigenvalue weighted by Crippen LogP contribution is 2.33. The minimum Gasteiger partial charge on any atom is -0.362 e. The van der Waals surface area contributed by atoms with Crippen LogP contribution in [0.5, 0.6) is 0 Å².